The van der Waals surface area contributed by atoms with Crippen LogP contribution in [0.25, 0.3) is 0 Å². The second kappa shape index (κ2) is 15.1. The molecule has 0 rings (SSSR count). The molecule has 0 aromatic rings. The van der Waals surface area contributed by atoms with Crippen LogP contribution in [0.5, 0.6) is 0 Å². The van der Waals surface area contributed by atoms with Gasteiger partial charge in [0, 0.05) is 0 Å². The van der Waals surface area contributed by atoms with Crippen LogP contribution in [0, 0.1) is 10.2 Å². The molecule has 14 heavy (non-hydrogen) atoms. The van der Waals surface area contributed by atoms with Crippen molar-refractivity contribution in [2.24, 2.45) is 0 Å². The Hall–Kier alpha value is 2.07. The number of carboxylic acids is 2. The van der Waals surface area contributed by atoms with Crippen LogP contribution in [0.4, 0.5) is 0 Å². The van der Waals surface area contributed by atoms with Gasteiger partial charge in [0.15, 0.2) is 0 Å². The molecule has 12 heteroatoms. The maximum atomic E-state index is 8.93. The molecule has 0 atom stereocenters. The van der Waals surface area contributed by atoms with Crippen molar-refractivity contribution < 1.29 is 137 Å². The van der Waals surface area contributed by atoms with Gasteiger partial charge in [0.2, 0.25) is 0 Å². The molecule has 0 aliphatic heterocycles. The number of carbonyl (C=O) groups is 2. The minimum Gasteiger partial charge on any atom is -0.543 e. The van der Waals surface area contributed by atoms with Crippen LogP contribution in [0.2, 0.25) is 0 Å². The van der Waals surface area contributed by atoms with Crippen molar-refractivity contribution in [2.75, 3.05) is 0 Å². The van der Waals surface area contributed by atoms with Crippen molar-refractivity contribution in [1.82, 2.24) is 0 Å². The van der Waals surface area contributed by atoms with E-state index in [2.05, 4.69) is 0 Å². The zero-order valence-electron chi connectivity index (χ0n) is 7.64. The van der Waals surface area contributed by atoms with Crippen molar-refractivity contribution in [3.05, 3.63) is 0 Å². The molecule has 0 unspecified atom stereocenters. The smallest absolute Gasteiger partial charge is 0.543 e. The molecule has 0 fully saturated rings. The van der Waals surface area contributed by atoms with Crippen LogP contribution in [-0.2, 0) is 9.59 Å². The third-order valence-corrected chi connectivity index (χ3v) is 0.167. The van der Waals surface area contributed by atoms with Gasteiger partial charge in [-0.25, -0.2) is 18.6 Å². The van der Waals surface area contributed by atoms with Crippen molar-refractivity contribution in [2.45, 2.75) is 0 Å². The fraction of sp³-hybridized carbons (Fsp3) is 0. The molecular weight excluding hydrogens is 256 g/mol. The van der Waals surface area contributed by atoms with E-state index in [0.717, 1.165) is 0 Å². The Labute approximate surface area is 147 Å². The summed E-state index contributed by atoms with van der Waals surface area (Å²) < 4.78 is 34.0. The number of halogens is 1. The van der Waals surface area contributed by atoms with Gasteiger partial charge in [-0.05, 0) is 0 Å². The van der Waals surface area contributed by atoms with Gasteiger partial charge in [0.25, 0.3) is 0 Å². The van der Waals surface area contributed by atoms with Crippen molar-refractivity contribution >= 4 is 11.9 Å². The summed E-state index contributed by atoms with van der Waals surface area (Å²) in [5.74, 6) is -4.37. The third kappa shape index (κ3) is 65.2. The van der Waals surface area contributed by atoms with Gasteiger partial charge < -0.3 is 19.8 Å². The number of hydrogen-bond acceptors (Lipinski definition) is 8. The quantitative estimate of drug-likeness (QED) is 0.303. The standard InChI is InChI=1S/C2H2O4.ClHO4.3Na/c3-1(4)2(5)6;2-1(3,4)5;;;/h(H,3,4)(H,5,6);(H,2,3,4,5);;;/q;;3*+1/p-3. The molecule has 0 bridgehead atoms. The summed E-state index contributed by atoms with van der Waals surface area (Å²) in [4.78, 5) is 17.9. The molecule has 0 aromatic heterocycles. The third-order valence-electron chi connectivity index (χ3n) is 0.167. The molecule has 0 amide bonds. The summed E-state index contributed by atoms with van der Waals surface area (Å²) >= 11 is 0. The second-order valence-electron chi connectivity index (χ2n) is 0.953. The Morgan fingerprint density at radius 1 is 0.714 bits per heavy atom. The van der Waals surface area contributed by atoms with Crippen molar-refractivity contribution in [3.63, 3.8) is 0 Å². The molecule has 8 nitrogen and oxygen atoms in total. The maximum absolute atomic E-state index is 8.93. The largest absolute Gasteiger partial charge is 1.00 e. The Bertz CT molecular complexity index is 137. The molecule has 0 saturated heterocycles. The fourth-order valence-electron chi connectivity index (χ4n) is 0. The molecule has 0 N–H and O–H groups in total. The van der Waals surface area contributed by atoms with Gasteiger partial charge in [-0.3, -0.25) is 0 Å². The van der Waals surface area contributed by atoms with E-state index in [-0.39, 0.29) is 88.7 Å². The van der Waals surface area contributed by atoms with Crippen LogP contribution >= 0.6 is 0 Å². The van der Waals surface area contributed by atoms with E-state index in [1.54, 1.807) is 0 Å². The SMILES string of the molecule is O=C([O-])C(=O)[O-].[Na+].[Na+].[Na+].[O-][Cl+3]([O-])([O-])[O-]. The first-order valence-electron chi connectivity index (χ1n) is 1.68. The number of carbonyl (C=O) groups excluding carboxylic acids is 2. The van der Waals surface area contributed by atoms with Gasteiger partial charge in [0.1, 0.15) is 0 Å². The van der Waals surface area contributed by atoms with Gasteiger partial charge in [-0.1, -0.05) is 0 Å². The van der Waals surface area contributed by atoms with E-state index in [1.165, 1.54) is 0 Å². The second-order valence-corrected chi connectivity index (χ2v) is 1.71. The summed E-state index contributed by atoms with van der Waals surface area (Å²) in [7, 11) is -4.94. The van der Waals surface area contributed by atoms with E-state index >= 15 is 0 Å². The van der Waals surface area contributed by atoms with Crippen LogP contribution in [0.1, 0.15) is 0 Å². The minimum atomic E-state index is -4.94. The molecular formula is C2ClNa3O8. The topological polar surface area (TPSA) is 172 Å². The van der Waals surface area contributed by atoms with Gasteiger partial charge in [-0.2, -0.15) is 0 Å². The summed E-state index contributed by atoms with van der Waals surface area (Å²) in [5.41, 5.74) is 0. The predicted octanol–water partition coefficient (Wildman–Crippen LogP) is -17.3. The molecule has 66 valence electrons. The van der Waals surface area contributed by atoms with E-state index in [1.807, 2.05) is 0 Å². The molecule has 0 aliphatic rings. The van der Waals surface area contributed by atoms with Crippen LogP contribution in [0.15, 0.2) is 0 Å². The zero-order chi connectivity index (χ0) is 9.65. The molecule has 0 saturated carbocycles. The average molecular weight is 256 g/mol. The first kappa shape index (κ1) is 29.8. The van der Waals surface area contributed by atoms with E-state index < -0.39 is 22.2 Å². The van der Waals surface area contributed by atoms with E-state index in [0.29, 0.717) is 0 Å². The average Bonchev–Trinajstić information content (AvgIpc) is 1.59. The monoisotopic (exact) mass is 256 g/mol. The first-order valence-corrected chi connectivity index (χ1v) is 2.92. The van der Waals surface area contributed by atoms with Gasteiger partial charge >= 0.3 is 88.7 Å². The Morgan fingerprint density at radius 3 is 0.786 bits per heavy atom. The predicted molar refractivity (Wildman–Crippen MR) is 10.0 cm³/mol. The zero-order valence-corrected chi connectivity index (χ0v) is 14.4. The van der Waals surface area contributed by atoms with E-state index in [4.69, 9.17) is 38.4 Å². The summed E-state index contributed by atoms with van der Waals surface area (Å²) in [6.45, 7) is 0. The normalized spacial score (nSPS) is 7.43. The number of carboxylic acid groups (broad SMARTS) is 2. The fourth-order valence-corrected chi connectivity index (χ4v) is 0. The maximum Gasteiger partial charge on any atom is 1.00 e. The van der Waals surface area contributed by atoms with E-state index in [9.17, 15) is 0 Å². The molecule has 0 aromatic carbocycles. The van der Waals surface area contributed by atoms with Crippen LogP contribution in [0.3, 0.4) is 0 Å². The Morgan fingerprint density at radius 2 is 0.786 bits per heavy atom. The van der Waals surface area contributed by atoms with Gasteiger partial charge in [-0.15, -0.1) is 10.2 Å². The Balaban J connectivity index is -0.0000000321. The van der Waals surface area contributed by atoms with Crippen molar-refractivity contribution in [1.29, 1.82) is 0 Å². The molecule has 0 aliphatic carbocycles. The summed E-state index contributed by atoms with van der Waals surface area (Å²) in [6, 6.07) is 0. The molecule has 0 heterocycles. The molecule has 0 radical (unpaired) electrons. The number of hydrogen-bond donors (Lipinski definition) is 0. The first-order chi connectivity index (χ1) is 4.64. The number of aliphatic carboxylic acids is 2. The van der Waals surface area contributed by atoms with Crippen molar-refractivity contribution in [3.8, 4) is 0 Å². The number of rotatable bonds is 0. The summed E-state index contributed by atoms with van der Waals surface area (Å²) in [5, 5.41) is 17.9. The van der Waals surface area contributed by atoms with Gasteiger partial charge in [0.05, 0.1) is 11.9 Å². The molecule has 0 spiro atoms. The summed E-state index contributed by atoms with van der Waals surface area (Å²) in [6.07, 6.45) is 0. The van der Waals surface area contributed by atoms with Crippen LogP contribution < -0.4 is 118 Å². The minimum absolute atomic E-state index is 0. The Kier molecular flexibility index (Phi) is 32.1. The van der Waals surface area contributed by atoms with Crippen LogP contribution in [-0.4, -0.2) is 11.9 Å².